The average Bonchev–Trinajstić information content (AvgIpc) is 3.26. The van der Waals surface area contributed by atoms with Crippen molar-refractivity contribution < 1.29 is 9.59 Å². The third-order valence-corrected chi connectivity index (χ3v) is 7.31. The number of rotatable bonds is 6. The minimum Gasteiger partial charge on any atom is -0.339 e. The van der Waals surface area contributed by atoms with E-state index in [9.17, 15) is 9.59 Å². The lowest BCUT2D eigenvalue weighted by atomic mass is 9.86. The number of piperazine rings is 1. The topological polar surface area (TPSA) is 71.3 Å². The molecule has 0 unspecified atom stereocenters. The Morgan fingerprint density at radius 3 is 2.30 bits per heavy atom. The lowest BCUT2D eigenvalue weighted by Gasteiger charge is -2.35. The number of carbonyl (C=O) groups excluding carboxylic acids is 2. The molecule has 2 aromatic heterocycles. The fourth-order valence-corrected chi connectivity index (χ4v) is 5.18. The number of nitrogens with zero attached hydrogens (tertiary/aromatic N) is 5. The van der Waals surface area contributed by atoms with E-state index in [0.29, 0.717) is 38.2 Å². The Kier molecular flexibility index (Phi) is 7.35. The van der Waals surface area contributed by atoms with Crippen molar-refractivity contribution in [2.45, 2.75) is 84.6 Å². The van der Waals surface area contributed by atoms with E-state index in [0.717, 1.165) is 29.1 Å². The van der Waals surface area contributed by atoms with Crippen LogP contribution in [0.1, 0.15) is 101 Å². The highest BCUT2D eigenvalue weighted by molar-refractivity contribution is 6.05. The summed E-state index contributed by atoms with van der Waals surface area (Å²) in [6.45, 7) is 10.7. The van der Waals surface area contributed by atoms with Crippen LogP contribution in [0.2, 0.25) is 0 Å². The lowest BCUT2D eigenvalue weighted by molar-refractivity contribution is -0.133. The first-order chi connectivity index (χ1) is 15.8. The zero-order valence-electron chi connectivity index (χ0n) is 20.7. The number of aromatic nitrogens is 3. The second-order valence-corrected chi connectivity index (χ2v) is 10.4. The summed E-state index contributed by atoms with van der Waals surface area (Å²) in [6, 6.07) is 2.10. The molecule has 2 fully saturated rings. The lowest BCUT2D eigenvalue weighted by Crippen LogP contribution is -2.50. The first-order valence-electron chi connectivity index (χ1n) is 12.8. The summed E-state index contributed by atoms with van der Waals surface area (Å²) in [5, 5.41) is 5.32. The zero-order chi connectivity index (χ0) is 23.5. The predicted molar refractivity (Wildman–Crippen MR) is 130 cm³/mol. The van der Waals surface area contributed by atoms with Gasteiger partial charge in [0.15, 0.2) is 5.65 Å². The number of fused-ring (bicyclic) bond motifs is 1. The Labute approximate surface area is 197 Å². The second-order valence-electron chi connectivity index (χ2n) is 10.4. The van der Waals surface area contributed by atoms with Crippen LogP contribution in [0.4, 0.5) is 0 Å². The van der Waals surface area contributed by atoms with Gasteiger partial charge in [0.25, 0.3) is 5.91 Å². The molecule has 7 nitrogen and oxygen atoms in total. The molecule has 0 bridgehead atoms. The van der Waals surface area contributed by atoms with Crippen molar-refractivity contribution in [3.05, 3.63) is 23.5 Å². The van der Waals surface area contributed by atoms with Crippen molar-refractivity contribution in [3.8, 4) is 0 Å². The Balaban J connectivity index is 1.42. The maximum atomic E-state index is 13.5. The minimum absolute atomic E-state index is 0.0157. The maximum absolute atomic E-state index is 13.5. The number of amides is 2. The molecule has 1 aliphatic carbocycles. The summed E-state index contributed by atoms with van der Waals surface area (Å²) in [4.78, 5) is 34.9. The van der Waals surface area contributed by atoms with Gasteiger partial charge >= 0.3 is 0 Å². The Morgan fingerprint density at radius 2 is 1.67 bits per heavy atom. The van der Waals surface area contributed by atoms with Crippen molar-refractivity contribution in [2.75, 3.05) is 26.2 Å². The summed E-state index contributed by atoms with van der Waals surface area (Å²) >= 11 is 0. The summed E-state index contributed by atoms with van der Waals surface area (Å²) in [6.07, 6.45) is 9.98. The molecule has 0 spiro atoms. The second kappa shape index (κ2) is 10.2. The van der Waals surface area contributed by atoms with E-state index in [-0.39, 0.29) is 23.8 Å². The van der Waals surface area contributed by atoms with E-state index in [4.69, 9.17) is 4.98 Å². The number of pyridine rings is 1. The van der Waals surface area contributed by atoms with Crippen LogP contribution < -0.4 is 0 Å². The molecule has 0 atom stereocenters. The SMILES string of the molecule is CC(C)c1cc(C(=O)N2CCN(C(=O)CCC3CCCCC3)CC2)c2cnn(C(C)C)c2n1. The quantitative estimate of drug-likeness (QED) is 0.631. The predicted octanol–water partition coefficient (Wildman–Crippen LogP) is 4.78. The van der Waals surface area contributed by atoms with Gasteiger partial charge in [-0.05, 0) is 38.2 Å². The molecule has 1 saturated heterocycles. The van der Waals surface area contributed by atoms with Crippen LogP contribution in [-0.4, -0.2) is 62.6 Å². The van der Waals surface area contributed by atoms with Gasteiger partial charge in [-0.15, -0.1) is 0 Å². The van der Waals surface area contributed by atoms with E-state index >= 15 is 0 Å². The van der Waals surface area contributed by atoms with E-state index < -0.39 is 0 Å². The van der Waals surface area contributed by atoms with Crippen LogP contribution >= 0.6 is 0 Å². The molecule has 0 aromatic carbocycles. The molecular weight excluding hydrogens is 414 g/mol. The third kappa shape index (κ3) is 5.22. The molecule has 2 amide bonds. The Hall–Kier alpha value is -2.44. The van der Waals surface area contributed by atoms with Crippen molar-refractivity contribution in [1.82, 2.24) is 24.6 Å². The van der Waals surface area contributed by atoms with Crippen molar-refractivity contribution in [3.63, 3.8) is 0 Å². The van der Waals surface area contributed by atoms with Gasteiger partial charge in [0.2, 0.25) is 5.91 Å². The van der Waals surface area contributed by atoms with Gasteiger partial charge in [-0.2, -0.15) is 5.10 Å². The molecule has 2 aliphatic rings. The molecule has 1 saturated carbocycles. The van der Waals surface area contributed by atoms with E-state index in [1.165, 1.54) is 32.1 Å². The normalized spacial score (nSPS) is 18.0. The van der Waals surface area contributed by atoms with Crippen LogP contribution in [0, 0.1) is 5.92 Å². The summed E-state index contributed by atoms with van der Waals surface area (Å²) in [5.41, 5.74) is 2.36. The van der Waals surface area contributed by atoms with Gasteiger partial charge in [-0.25, -0.2) is 9.67 Å². The van der Waals surface area contributed by atoms with E-state index in [1.54, 1.807) is 6.20 Å². The van der Waals surface area contributed by atoms with Gasteiger partial charge in [-0.3, -0.25) is 9.59 Å². The van der Waals surface area contributed by atoms with Crippen molar-refractivity contribution >= 4 is 22.8 Å². The van der Waals surface area contributed by atoms with Crippen LogP contribution in [0.15, 0.2) is 12.3 Å². The number of carbonyl (C=O) groups is 2. The van der Waals surface area contributed by atoms with E-state index in [2.05, 4.69) is 32.8 Å². The van der Waals surface area contributed by atoms with Gasteiger partial charge in [0.05, 0.1) is 17.1 Å². The molecule has 4 rings (SSSR count). The van der Waals surface area contributed by atoms with Gasteiger partial charge in [-0.1, -0.05) is 46.0 Å². The van der Waals surface area contributed by atoms with E-state index in [1.807, 2.05) is 20.5 Å². The largest absolute Gasteiger partial charge is 0.339 e. The summed E-state index contributed by atoms with van der Waals surface area (Å²) in [5.74, 6) is 1.21. The number of hydrogen-bond acceptors (Lipinski definition) is 4. The highest BCUT2D eigenvalue weighted by atomic mass is 16.2. The van der Waals surface area contributed by atoms with Crippen LogP contribution in [0.25, 0.3) is 11.0 Å². The molecule has 2 aromatic rings. The van der Waals surface area contributed by atoms with Crippen LogP contribution in [0.5, 0.6) is 0 Å². The average molecular weight is 454 g/mol. The molecule has 180 valence electrons. The van der Waals surface area contributed by atoms with Gasteiger partial charge in [0, 0.05) is 44.3 Å². The Morgan fingerprint density at radius 1 is 1.00 bits per heavy atom. The molecule has 0 radical (unpaired) electrons. The monoisotopic (exact) mass is 453 g/mol. The minimum atomic E-state index is 0.0157. The molecule has 0 N–H and O–H groups in total. The molecule has 33 heavy (non-hydrogen) atoms. The van der Waals surface area contributed by atoms with Gasteiger partial charge in [0.1, 0.15) is 0 Å². The van der Waals surface area contributed by atoms with Crippen LogP contribution in [-0.2, 0) is 4.79 Å². The highest BCUT2D eigenvalue weighted by Crippen LogP contribution is 2.28. The fraction of sp³-hybridized carbons (Fsp3) is 0.692. The highest BCUT2D eigenvalue weighted by Gasteiger charge is 2.28. The third-order valence-electron chi connectivity index (χ3n) is 7.31. The van der Waals surface area contributed by atoms with Crippen LogP contribution in [0.3, 0.4) is 0 Å². The molecular formula is C26H39N5O2. The van der Waals surface area contributed by atoms with Crippen molar-refractivity contribution in [2.24, 2.45) is 5.92 Å². The number of hydrogen-bond donors (Lipinski definition) is 0. The van der Waals surface area contributed by atoms with Gasteiger partial charge < -0.3 is 9.80 Å². The Bertz CT molecular complexity index is 982. The standard InChI is InChI=1S/C26H39N5O2/c1-18(2)23-16-21(22-17-27-31(19(3)4)25(22)28-23)26(33)30-14-12-29(13-15-30)24(32)11-10-20-8-6-5-7-9-20/h16-20H,5-15H2,1-4H3. The maximum Gasteiger partial charge on any atom is 0.254 e. The summed E-state index contributed by atoms with van der Waals surface area (Å²) < 4.78 is 1.89. The summed E-state index contributed by atoms with van der Waals surface area (Å²) in [7, 11) is 0. The fourth-order valence-electron chi connectivity index (χ4n) is 5.18. The molecule has 1 aliphatic heterocycles. The smallest absolute Gasteiger partial charge is 0.254 e. The van der Waals surface area contributed by atoms with Crippen molar-refractivity contribution in [1.29, 1.82) is 0 Å². The molecule has 3 heterocycles. The molecule has 7 heteroatoms. The zero-order valence-corrected chi connectivity index (χ0v) is 20.7. The first-order valence-corrected chi connectivity index (χ1v) is 12.8. The first kappa shape index (κ1) is 23.7.